The number of para-hydroxylation sites is 2. The van der Waals surface area contributed by atoms with E-state index in [0.29, 0.717) is 11.3 Å². The van der Waals surface area contributed by atoms with Crippen molar-refractivity contribution >= 4 is 23.6 Å². The third-order valence-electron chi connectivity index (χ3n) is 3.63. The minimum Gasteiger partial charge on any atom is -0.507 e. The molecule has 0 radical (unpaired) electrons. The summed E-state index contributed by atoms with van der Waals surface area (Å²) in [4.78, 5) is 25.0. The van der Waals surface area contributed by atoms with Crippen LogP contribution in [0.1, 0.15) is 22.8 Å². The van der Waals surface area contributed by atoms with E-state index in [1.54, 1.807) is 37.3 Å². The summed E-state index contributed by atoms with van der Waals surface area (Å²) in [7, 11) is 0. The van der Waals surface area contributed by atoms with Gasteiger partial charge in [0.15, 0.2) is 0 Å². The van der Waals surface area contributed by atoms with E-state index in [9.17, 15) is 19.8 Å². The summed E-state index contributed by atoms with van der Waals surface area (Å²) in [5, 5.41) is 24.3. The van der Waals surface area contributed by atoms with Crippen LogP contribution in [0.2, 0.25) is 0 Å². The molecule has 6 heteroatoms. The molecule has 0 atom stereocenters. The average Bonchev–Trinajstić information content (AvgIpc) is 2.85. The van der Waals surface area contributed by atoms with Crippen LogP contribution in [0, 0.1) is 0 Å². The zero-order chi connectivity index (χ0) is 17.3. The second-order valence-corrected chi connectivity index (χ2v) is 5.24. The third kappa shape index (κ3) is 2.65. The van der Waals surface area contributed by atoms with Crippen molar-refractivity contribution in [3.8, 4) is 11.5 Å². The minimum absolute atomic E-state index is 0.00814. The van der Waals surface area contributed by atoms with Crippen molar-refractivity contribution in [3.05, 3.63) is 65.2 Å². The number of hydrogen-bond acceptors (Lipinski definition) is 5. The van der Waals surface area contributed by atoms with E-state index >= 15 is 0 Å². The smallest absolute Gasteiger partial charge is 0.285 e. The monoisotopic (exact) mass is 322 g/mol. The lowest BCUT2D eigenvalue weighted by molar-refractivity contribution is -0.123. The predicted octanol–water partition coefficient (Wildman–Crippen LogP) is 2.54. The molecule has 0 saturated carbocycles. The van der Waals surface area contributed by atoms with Gasteiger partial charge in [0, 0.05) is 5.56 Å². The molecule has 0 aliphatic carbocycles. The lowest BCUT2D eigenvalue weighted by atomic mass is 10.1. The molecule has 6 nitrogen and oxygen atoms in total. The van der Waals surface area contributed by atoms with Crippen LogP contribution < -0.4 is 0 Å². The Bertz CT molecular complexity index is 899. The molecule has 0 bridgehead atoms. The number of hydrogen-bond donors (Lipinski definition) is 2. The summed E-state index contributed by atoms with van der Waals surface area (Å²) >= 11 is 0. The quantitative estimate of drug-likeness (QED) is 0.657. The molecule has 1 aliphatic heterocycles. The van der Waals surface area contributed by atoms with Crippen molar-refractivity contribution in [2.24, 2.45) is 5.10 Å². The third-order valence-corrected chi connectivity index (χ3v) is 3.63. The molecule has 2 aromatic rings. The molecule has 0 spiro atoms. The van der Waals surface area contributed by atoms with Gasteiger partial charge in [0.1, 0.15) is 11.5 Å². The highest BCUT2D eigenvalue weighted by Gasteiger charge is 2.34. The van der Waals surface area contributed by atoms with Crippen molar-refractivity contribution in [2.75, 3.05) is 0 Å². The highest BCUT2D eigenvalue weighted by Crippen LogP contribution is 2.26. The Hall–Kier alpha value is -3.41. The first-order valence-corrected chi connectivity index (χ1v) is 7.21. The Morgan fingerprint density at radius 1 is 1.04 bits per heavy atom. The first kappa shape index (κ1) is 15.5. The topological polar surface area (TPSA) is 90.2 Å². The molecule has 0 aromatic heterocycles. The van der Waals surface area contributed by atoms with E-state index in [1.807, 2.05) is 0 Å². The van der Waals surface area contributed by atoms with Crippen molar-refractivity contribution in [3.63, 3.8) is 0 Å². The minimum atomic E-state index is -0.710. The molecule has 1 heterocycles. The number of phenols is 2. The Morgan fingerprint density at radius 2 is 1.67 bits per heavy atom. The molecular formula is C18H14N2O4. The Labute approximate surface area is 138 Å². The van der Waals surface area contributed by atoms with Crippen molar-refractivity contribution in [1.29, 1.82) is 0 Å². The van der Waals surface area contributed by atoms with Crippen LogP contribution in [-0.2, 0) is 4.79 Å². The lowest BCUT2D eigenvalue weighted by Crippen LogP contribution is -2.29. The summed E-state index contributed by atoms with van der Waals surface area (Å²) in [6.07, 6.45) is 1.48. The highest BCUT2D eigenvalue weighted by molar-refractivity contribution is 6.31. The molecule has 0 saturated heterocycles. The average molecular weight is 322 g/mol. The van der Waals surface area contributed by atoms with Crippen LogP contribution >= 0.6 is 0 Å². The molecule has 3 rings (SSSR count). The van der Waals surface area contributed by atoms with Crippen LogP contribution in [0.3, 0.4) is 0 Å². The van der Waals surface area contributed by atoms with Crippen LogP contribution in [0.4, 0.5) is 0 Å². The standard InChI is InChI=1S/C18H14N2O4/c1-11-14(10-12-6-2-4-8-15(12)21)18(24)20(19-11)17(23)13-7-3-5-9-16(13)22/h2-10,21-22H,1H3. The van der Waals surface area contributed by atoms with Gasteiger partial charge in [0.05, 0.1) is 16.8 Å². The molecule has 2 amide bonds. The Balaban J connectivity index is 1.95. The number of amides is 2. The highest BCUT2D eigenvalue weighted by atomic mass is 16.3. The van der Waals surface area contributed by atoms with Crippen LogP contribution in [0.5, 0.6) is 11.5 Å². The van der Waals surface area contributed by atoms with Crippen LogP contribution in [-0.4, -0.2) is 32.7 Å². The van der Waals surface area contributed by atoms with Gasteiger partial charge in [-0.2, -0.15) is 10.1 Å². The fraction of sp³-hybridized carbons (Fsp3) is 0.0556. The fourth-order valence-electron chi connectivity index (χ4n) is 2.36. The number of nitrogens with zero attached hydrogens (tertiary/aromatic N) is 2. The second-order valence-electron chi connectivity index (χ2n) is 5.24. The molecule has 2 N–H and O–H groups in total. The lowest BCUT2D eigenvalue weighted by Gasteiger charge is -2.10. The van der Waals surface area contributed by atoms with Gasteiger partial charge in [-0.15, -0.1) is 0 Å². The number of aromatic hydroxyl groups is 2. The summed E-state index contributed by atoms with van der Waals surface area (Å²) in [6.45, 7) is 1.60. The maximum absolute atomic E-state index is 12.5. The number of benzene rings is 2. The molecule has 1 aliphatic rings. The van der Waals surface area contributed by atoms with Gasteiger partial charge in [-0.3, -0.25) is 9.59 Å². The van der Waals surface area contributed by atoms with Gasteiger partial charge >= 0.3 is 0 Å². The molecule has 0 unspecified atom stereocenters. The van der Waals surface area contributed by atoms with Gasteiger partial charge in [-0.1, -0.05) is 30.3 Å². The maximum atomic E-state index is 12.5. The zero-order valence-electron chi connectivity index (χ0n) is 12.8. The van der Waals surface area contributed by atoms with Crippen LogP contribution in [0.25, 0.3) is 6.08 Å². The zero-order valence-corrected chi connectivity index (χ0v) is 12.8. The Kier molecular flexibility index (Phi) is 3.87. The van der Waals surface area contributed by atoms with Gasteiger partial charge < -0.3 is 10.2 Å². The summed E-state index contributed by atoms with van der Waals surface area (Å²) in [6, 6.07) is 12.5. The number of hydrazone groups is 1. The van der Waals surface area contributed by atoms with Gasteiger partial charge in [-0.25, -0.2) is 0 Å². The van der Waals surface area contributed by atoms with Crippen molar-refractivity contribution < 1.29 is 19.8 Å². The van der Waals surface area contributed by atoms with Gasteiger partial charge in [0.2, 0.25) is 0 Å². The normalized spacial score (nSPS) is 15.7. The van der Waals surface area contributed by atoms with Gasteiger partial charge in [-0.05, 0) is 31.2 Å². The van der Waals surface area contributed by atoms with Crippen LogP contribution in [0.15, 0.2) is 59.2 Å². The number of carbonyl (C=O) groups excluding carboxylic acids is 2. The van der Waals surface area contributed by atoms with Gasteiger partial charge in [0.25, 0.3) is 11.8 Å². The summed E-state index contributed by atoms with van der Waals surface area (Å²) in [5.41, 5.74) is 1.01. The Morgan fingerprint density at radius 3 is 2.33 bits per heavy atom. The van der Waals surface area contributed by atoms with E-state index in [-0.39, 0.29) is 22.6 Å². The number of rotatable bonds is 2. The summed E-state index contributed by atoms with van der Waals surface area (Å²) in [5.74, 6) is -1.51. The van der Waals surface area contributed by atoms with Crippen molar-refractivity contribution in [2.45, 2.75) is 6.92 Å². The molecule has 24 heavy (non-hydrogen) atoms. The summed E-state index contributed by atoms with van der Waals surface area (Å²) < 4.78 is 0. The number of phenolic OH excluding ortho intramolecular Hbond substituents is 2. The number of carbonyl (C=O) groups is 2. The predicted molar refractivity (Wildman–Crippen MR) is 88.5 cm³/mol. The SMILES string of the molecule is CC1=NN(C(=O)c2ccccc2O)C(=O)C1=Cc1ccccc1O. The van der Waals surface area contributed by atoms with E-state index in [0.717, 1.165) is 5.01 Å². The maximum Gasteiger partial charge on any atom is 0.285 e. The van der Waals surface area contributed by atoms with E-state index < -0.39 is 11.8 Å². The molecular weight excluding hydrogens is 308 g/mol. The first-order valence-electron chi connectivity index (χ1n) is 7.21. The van der Waals surface area contributed by atoms with E-state index in [4.69, 9.17) is 0 Å². The fourth-order valence-corrected chi connectivity index (χ4v) is 2.36. The van der Waals surface area contributed by atoms with E-state index in [2.05, 4.69) is 5.10 Å². The molecule has 0 fully saturated rings. The molecule has 2 aromatic carbocycles. The first-order chi connectivity index (χ1) is 11.5. The van der Waals surface area contributed by atoms with E-state index in [1.165, 1.54) is 24.3 Å². The van der Waals surface area contributed by atoms with Crippen molar-refractivity contribution in [1.82, 2.24) is 5.01 Å². The number of imide groups is 1. The second kappa shape index (κ2) is 6.00. The largest absolute Gasteiger partial charge is 0.507 e. The molecule has 120 valence electrons.